The van der Waals surface area contributed by atoms with Gasteiger partial charge in [-0.05, 0) is 18.2 Å². The van der Waals surface area contributed by atoms with Gasteiger partial charge in [0.1, 0.15) is 5.75 Å². The summed E-state index contributed by atoms with van der Waals surface area (Å²) in [6, 6.07) is 4.33. The number of hydrogen-bond donors (Lipinski definition) is 3. The smallest absolute Gasteiger partial charge is 0.259 e. The van der Waals surface area contributed by atoms with Crippen LogP contribution >= 0.6 is 0 Å². The molecule has 5 heteroatoms. The molecule has 1 aliphatic heterocycles. The quantitative estimate of drug-likeness (QED) is 0.341. The summed E-state index contributed by atoms with van der Waals surface area (Å²) in [5, 5.41) is 11.6. The van der Waals surface area contributed by atoms with Crippen LogP contribution in [0.25, 0.3) is 5.57 Å². The molecule has 76 valence electrons. The number of nitrogens with two attached hydrogens (primary N) is 1. The number of nitrogen functional groups attached to an aromatic ring is 1. The van der Waals surface area contributed by atoms with E-state index in [4.69, 9.17) is 5.73 Å². The predicted octanol–water partition coefficient (Wildman–Crippen LogP) is 0.0142. The Morgan fingerprint density at radius 2 is 2.00 bits per heavy atom. The van der Waals surface area contributed by atoms with E-state index in [-0.39, 0.29) is 16.9 Å². The predicted molar refractivity (Wildman–Crippen MR) is 53.6 cm³/mol. The van der Waals surface area contributed by atoms with Crippen LogP contribution in [0, 0.1) is 0 Å². The molecule has 2 rings (SSSR count). The second-order valence-corrected chi connectivity index (χ2v) is 3.15. The van der Waals surface area contributed by atoms with Gasteiger partial charge in [-0.15, -0.1) is 0 Å². The highest BCUT2D eigenvalue weighted by molar-refractivity contribution is 6.34. The molecule has 1 aromatic rings. The van der Waals surface area contributed by atoms with Gasteiger partial charge in [0.2, 0.25) is 0 Å². The van der Waals surface area contributed by atoms with E-state index in [1.54, 1.807) is 0 Å². The summed E-state index contributed by atoms with van der Waals surface area (Å²) in [4.78, 5) is 22.2. The zero-order chi connectivity index (χ0) is 11.0. The van der Waals surface area contributed by atoms with Gasteiger partial charge in [0.05, 0.1) is 5.57 Å². The Hall–Kier alpha value is -2.30. The zero-order valence-electron chi connectivity index (χ0n) is 7.65. The number of carbonyl (C=O) groups excluding carboxylic acids is 2. The molecular formula is C10H8N2O3. The van der Waals surface area contributed by atoms with Crippen molar-refractivity contribution < 1.29 is 14.7 Å². The first kappa shape index (κ1) is 9.26. The molecule has 0 bridgehead atoms. The maximum absolute atomic E-state index is 11.3. The van der Waals surface area contributed by atoms with Gasteiger partial charge in [-0.2, -0.15) is 0 Å². The fraction of sp³-hybridized carbons (Fsp3) is 0. The Morgan fingerprint density at radius 3 is 2.60 bits per heavy atom. The van der Waals surface area contributed by atoms with Crippen LogP contribution in [0.2, 0.25) is 0 Å². The number of benzene rings is 1. The van der Waals surface area contributed by atoms with Crippen molar-refractivity contribution in [2.75, 3.05) is 5.73 Å². The van der Waals surface area contributed by atoms with Crippen LogP contribution in [0.3, 0.4) is 0 Å². The van der Waals surface area contributed by atoms with E-state index >= 15 is 0 Å². The number of phenols is 1. The van der Waals surface area contributed by atoms with Crippen LogP contribution in [0.5, 0.6) is 5.75 Å². The van der Waals surface area contributed by atoms with E-state index in [1.165, 1.54) is 18.2 Å². The molecule has 0 saturated carbocycles. The summed E-state index contributed by atoms with van der Waals surface area (Å²) in [7, 11) is 0. The molecule has 15 heavy (non-hydrogen) atoms. The van der Waals surface area contributed by atoms with Gasteiger partial charge in [0.25, 0.3) is 11.8 Å². The standard InChI is InChI=1S/C10H8N2O3/c11-5-1-2-8(13)6(3-5)7-4-9(14)12-10(7)15/h1-4,13H,11H2,(H,12,14,15). The minimum Gasteiger partial charge on any atom is -0.507 e. The number of anilines is 1. The van der Waals surface area contributed by atoms with Crippen molar-refractivity contribution in [3.05, 3.63) is 29.8 Å². The first-order valence-corrected chi connectivity index (χ1v) is 4.24. The molecular weight excluding hydrogens is 196 g/mol. The SMILES string of the molecule is Nc1ccc(O)c(C2=CC(=O)NC2=O)c1. The van der Waals surface area contributed by atoms with E-state index in [0.29, 0.717) is 5.69 Å². The fourth-order valence-electron chi connectivity index (χ4n) is 1.38. The number of phenolic OH excluding ortho intramolecular Hbond substituents is 1. The van der Waals surface area contributed by atoms with E-state index in [1.807, 2.05) is 0 Å². The summed E-state index contributed by atoms with van der Waals surface area (Å²) < 4.78 is 0. The number of rotatable bonds is 1. The first-order chi connectivity index (χ1) is 7.08. The third-order valence-corrected chi connectivity index (χ3v) is 2.07. The maximum atomic E-state index is 11.3. The Balaban J connectivity index is 2.54. The Bertz CT molecular complexity index is 491. The third kappa shape index (κ3) is 1.54. The summed E-state index contributed by atoms with van der Waals surface area (Å²) >= 11 is 0. The Labute approximate surface area is 85.2 Å². The lowest BCUT2D eigenvalue weighted by molar-refractivity contribution is -0.123. The van der Waals surface area contributed by atoms with Crippen LogP contribution in [-0.4, -0.2) is 16.9 Å². The van der Waals surface area contributed by atoms with Crippen molar-refractivity contribution in [3.63, 3.8) is 0 Å². The maximum Gasteiger partial charge on any atom is 0.259 e. The van der Waals surface area contributed by atoms with Crippen molar-refractivity contribution in [1.82, 2.24) is 5.32 Å². The van der Waals surface area contributed by atoms with Crippen LogP contribution in [0.1, 0.15) is 5.56 Å². The number of carbonyl (C=O) groups is 2. The molecule has 5 nitrogen and oxygen atoms in total. The molecule has 1 aromatic carbocycles. The lowest BCUT2D eigenvalue weighted by Gasteiger charge is -2.04. The van der Waals surface area contributed by atoms with E-state index in [0.717, 1.165) is 6.08 Å². The molecule has 0 radical (unpaired) electrons. The zero-order valence-corrected chi connectivity index (χ0v) is 7.65. The number of amides is 2. The lowest BCUT2D eigenvalue weighted by Crippen LogP contribution is -2.21. The second-order valence-electron chi connectivity index (χ2n) is 3.15. The lowest BCUT2D eigenvalue weighted by atomic mass is 10.0. The van der Waals surface area contributed by atoms with E-state index in [2.05, 4.69) is 5.32 Å². The van der Waals surface area contributed by atoms with Crippen molar-refractivity contribution in [1.29, 1.82) is 0 Å². The van der Waals surface area contributed by atoms with Gasteiger partial charge >= 0.3 is 0 Å². The van der Waals surface area contributed by atoms with E-state index < -0.39 is 11.8 Å². The van der Waals surface area contributed by atoms with Gasteiger partial charge < -0.3 is 10.8 Å². The average molecular weight is 204 g/mol. The minimum absolute atomic E-state index is 0.0831. The van der Waals surface area contributed by atoms with Crippen LogP contribution < -0.4 is 11.1 Å². The highest BCUT2D eigenvalue weighted by atomic mass is 16.3. The van der Waals surface area contributed by atoms with Gasteiger partial charge in [-0.3, -0.25) is 14.9 Å². The fourth-order valence-corrected chi connectivity index (χ4v) is 1.38. The molecule has 1 aliphatic rings. The minimum atomic E-state index is -0.527. The third-order valence-electron chi connectivity index (χ3n) is 2.07. The van der Waals surface area contributed by atoms with E-state index in [9.17, 15) is 14.7 Å². The molecule has 0 fully saturated rings. The number of imide groups is 1. The van der Waals surface area contributed by atoms with Gasteiger partial charge in [-0.1, -0.05) is 0 Å². The topological polar surface area (TPSA) is 92.4 Å². The first-order valence-electron chi connectivity index (χ1n) is 4.24. The van der Waals surface area contributed by atoms with Crippen LogP contribution in [0.4, 0.5) is 5.69 Å². The molecule has 0 atom stereocenters. The highest BCUT2D eigenvalue weighted by Crippen LogP contribution is 2.28. The monoisotopic (exact) mass is 204 g/mol. The Kier molecular flexibility index (Phi) is 1.93. The van der Waals surface area contributed by atoms with Crippen LogP contribution in [-0.2, 0) is 9.59 Å². The van der Waals surface area contributed by atoms with Crippen molar-refractivity contribution in [2.24, 2.45) is 0 Å². The molecule has 0 spiro atoms. The second kappa shape index (κ2) is 3.13. The Morgan fingerprint density at radius 1 is 1.27 bits per heavy atom. The van der Waals surface area contributed by atoms with Crippen molar-refractivity contribution >= 4 is 23.1 Å². The number of nitrogens with one attached hydrogen (secondary N) is 1. The molecule has 0 unspecified atom stereocenters. The largest absolute Gasteiger partial charge is 0.507 e. The van der Waals surface area contributed by atoms with Gasteiger partial charge in [0.15, 0.2) is 0 Å². The molecule has 1 heterocycles. The molecule has 0 aliphatic carbocycles. The van der Waals surface area contributed by atoms with Gasteiger partial charge in [-0.25, -0.2) is 0 Å². The molecule has 4 N–H and O–H groups in total. The van der Waals surface area contributed by atoms with Gasteiger partial charge in [0, 0.05) is 17.3 Å². The average Bonchev–Trinajstić information content (AvgIpc) is 2.50. The molecule has 2 amide bonds. The van der Waals surface area contributed by atoms with Crippen molar-refractivity contribution in [3.8, 4) is 5.75 Å². The number of aromatic hydroxyl groups is 1. The summed E-state index contributed by atoms with van der Waals surface area (Å²) in [6.45, 7) is 0. The van der Waals surface area contributed by atoms with Crippen LogP contribution in [0.15, 0.2) is 24.3 Å². The summed E-state index contributed by atoms with van der Waals surface area (Å²) in [5.74, 6) is -1.10. The normalized spacial score (nSPS) is 15.1. The summed E-state index contributed by atoms with van der Waals surface area (Å²) in [6.07, 6.45) is 1.14. The summed E-state index contributed by atoms with van der Waals surface area (Å²) in [5.41, 5.74) is 6.32. The van der Waals surface area contributed by atoms with Crippen molar-refractivity contribution in [2.45, 2.75) is 0 Å². The molecule has 0 saturated heterocycles. The number of hydrogen-bond acceptors (Lipinski definition) is 4. The highest BCUT2D eigenvalue weighted by Gasteiger charge is 2.24. The molecule has 0 aromatic heterocycles.